The van der Waals surface area contributed by atoms with Gasteiger partial charge in [0.2, 0.25) is 0 Å². The standard InChI is InChI=1S/C14H16F3NOS2/c1-18-12(20)13(7-2-3-8-21(13)19)10-5-4-6-11(9-10)14(15,16)17/h4-6,9H,2-3,7-8H2,1H3,(H,18,20)/t13-,21-/m1/s1. The number of hydrogen-bond acceptors (Lipinski definition) is 2. The van der Waals surface area contributed by atoms with Crippen molar-refractivity contribution in [2.75, 3.05) is 12.8 Å². The highest BCUT2D eigenvalue weighted by Gasteiger charge is 2.45. The second-order valence-corrected chi connectivity index (χ2v) is 7.20. The highest BCUT2D eigenvalue weighted by Crippen LogP contribution is 2.41. The van der Waals surface area contributed by atoms with Crippen molar-refractivity contribution in [2.24, 2.45) is 0 Å². The first-order valence-corrected chi connectivity index (χ1v) is 8.33. The quantitative estimate of drug-likeness (QED) is 0.840. The van der Waals surface area contributed by atoms with Gasteiger partial charge in [-0.05, 0) is 30.5 Å². The topological polar surface area (TPSA) is 29.1 Å². The average Bonchev–Trinajstić information content (AvgIpc) is 2.46. The zero-order chi connectivity index (χ0) is 15.7. The van der Waals surface area contributed by atoms with Gasteiger partial charge in [0.15, 0.2) is 0 Å². The van der Waals surface area contributed by atoms with E-state index in [-0.39, 0.29) is 0 Å². The highest BCUT2D eigenvalue weighted by atomic mass is 32.2. The Hall–Kier alpha value is -0.950. The summed E-state index contributed by atoms with van der Waals surface area (Å²) in [5.41, 5.74) is -0.351. The molecule has 0 saturated carbocycles. The average molecular weight is 335 g/mol. The van der Waals surface area contributed by atoms with Crippen molar-refractivity contribution in [3.63, 3.8) is 0 Å². The third-order valence-electron chi connectivity index (χ3n) is 3.75. The van der Waals surface area contributed by atoms with E-state index in [1.54, 1.807) is 13.1 Å². The van der Waals surface area contributed by atoms with Gasteiger partial charge in [0.05, 0.1) is 10.6 Å². The summed E-state index contributed by atoms with van der Waals surface area (Å²) < 4.78 is 50.3. The third kappa shape index (κ3) is 2.99. The summed E-state index contributed by atoms with van der Waals surface area (Å²) >= 11 is 5.30. The predicted molar refractivity (Wildman–Crippen MR) is 81.6 cm³/mol. The van der Waals surface area contributed by atoms with Crippen LogP contribution in [-0.2, 0) is 21.7 Å². The van der Waals surface area contributed by atoms with E-state index in [0.717, 1.165) is 25.0 Å². The monoisotopic (exact) mass is 335 g/mol. The van der Waals surface area contributed by atoms with E-state index >= 15 is 0 Å². The molecule has 2 atom stereocenters. The van der Waals surface area contributed by atoms with E-state index in [1.807, 2.05) is 0 Å². The molecule has 1 heterocycles. The smallest absolute Gasteiger partial charge is 0.381 e. The van der Waals surface area contributed by atoms with Crippen LogP contribution < -0.4 is 5.32 Å². The van der Waals surface area contributed by atoms with Gasteiger partial charge < -0.3 is 5.32 Å². The number of halogens is 3. The first-order valence-electron chi connectivity index (χ1n) is 6.61. The molecule has 0 aliphatic carbocycles. The second kappa shape index (κ2) is 6.04. The van der Waals surface area contributed by atoms with Crippen molar-refractivity contribution in [1.29, 1.82) is 0 Å². The summed E-state index contributed by atoms with van der Waals surface area (Å²) in [6.45, 7) is 0. The number of alkyl halides is 3. The molecule has 0 spiro atoms. The van der Waals surface area contributed by atoms with Crippen molar-refractivity contribution in [2.45, 2.75) is 30.2 Å². The highest BCUT2D eigenvalue weighted by molar-refractivity contribution is 7.90. The van der Waals surface area contributed by atoms with Crippen molar-refractivity contribution in [3.8, 4) is 0 Å². The van der Waals surface area contributed by atoms with E-state index < -0.39 is 27.3 Å². The van der Waals surface area contributed by atoms with Crippen molar-refractivity contribution in [1.82, 2.24) is 5.32 Å². The Labute approximate surface area is 129 Å². The van der Waals surface area contributed by atoms with E-state index in [0.29, 0.717) is 22.7 Å². The van der Waals surface area contributed by atoms with Crippen LogP contribution in [0.25, 0.3) is 0 Å². The van der Waals surface area contributed by atoms with Gasteiger partial charge in [0.1, 0.15) is 4.75 Å². The first kappa shape index (κ1) is 16.4. The van der Waals surface area contributed by atoms with Gasteiger partial charge in [-0.3, -0.25) is 4.21 Å². The molecule has 0 radical (unpaired) electrons. The molecule has 0 unspecified atom stereocenters. The lowest BCUT2D eigenvalue weighted by Crippen LogP contribution is -2.48. The maximum Gasteiger partial charge on any atom is 0.416 e. The van der Waals surface area contributed by atoms with Gasteiger partial charge in [0.25, 0.3) is 0 Å². The Balaban J connectivity index is 2.57. The summed E-state index contributed by atoms with van der Waals surface area (Å²) in [6.07, 6.45) is -2.32. The van der Waals surface area contributed by atoms with Crippen molar-refractivity contribution >= 4 is 28.0 Å². The SMILES string of the molecule is CNC(=S)[C@]1(c2cccc(C(F)(F)F)c2)CCCC[S@]1=O. The second-order valence-electron chi connectivity index (χ2n) is 4.99. The van der Waals surface area contributed by atoms with Gasteiger partial charge in [-0.1, -0.05) is 30.8 Å². The molecule has 21 heavy (non-hydrogen) atoms. The van der Waals surface area contributed by atoms with Gasteiger partial charge in [0, 0.05) is 23.6 Å². The number of thiocarbonyl (C=S) groups is 1. The summed E-state index contributed by atoms with van der Waals surface area (Å²) in [5.74, 6) is 0.456. The van der Waals surface area contributed by atoms with Crippen LogP contribution in [0.2, 0.25) is 0 Å². The molecule has 1 aliphatic heterocycles. The van der Waals surface area contributed by atoms with Crippen LogP contribution in [-0.4, -0.2) is 22.0 Å². The molecule has 1 fully saturated rings. The lowest BCUT2D eigenvalue weighted by atomic mass is 9.90. The minimum atomic E-state index is -4.42. The molecule has 2 nitrogen and oxygen atoms in total. The molecule has 1 aromatic rings. The molecule has 1 N–H and O–H groups in total. The summed E-state index contributed by atoms with van der Waals surface area (Å²) in [5, 5.41) is 2.82. The molecule has 0 amide bonds. The van der Waals surface area contributed by atoms with Crippen molar-refractivity contribution < 1.29 is 17.4 Å². The number of benzene rings is 1. The number of likely N-dealkylation sites (N-methyl/N-ethyl adjacent to an activating group) is 1. The van der Waals surface area contributed by atoms with Crippen LogP contribution in [0, 0.1) is 0 Å². The van der Waals surface area contributed by atoms with Gasteiger partial charge in [-0.15, -0.1) is 0 Å². The van der Waals surface area contributed by atoms with Crippen LogP contribution >= 0.6 is 12.2 Å². The fourth-order valence-corrected chi connectivity index (χ4v) is 5.05. The Morgan fingerprint density at radius 3 is 2.67 bits per heavy atom. The fraction of sp³-hybridized carbons (Fsp3) is 0.500. The van der Waals surface area contributed by atoms with Gasteiger partial charge in [-0.2, -0.15) is 13.2 Å². The van der Waals surface area contributed by atoms with Crippen LogP contribution in [0.15, 0.2) is 24.3 Å². The van der Waals surface area contributed by atoms with Crippen molar-refractivity contribution in [3.05, 3.63) is 35.4 Å². The van der Waals surface area contributed by atoms with E-state index in [9.17, 15) is 17.4 Å². The summed E-state index contributed by atoms with van der Waals surface area (Å²) in [4.78, 5) is 0.347. The molecule has 0 aromatic heterocycles. The van der Waals surface area contributed by atoms with E-state index in [2.05, 4.69) is 5.32 Å². The molecule has 1 saturated heterocycles. The van der Waals surface area contributed by atoms with Gasteiger partial charge in [-0.25, -0.2) is 0 Å². The zero-order valence-corrected chi connectivity index (χ0v) is 13.1. The Morgan fingerprint density at radius 1 is 1.38 bits per heavy atom. The molecule has 116 valence electrons. The van der Waals surface area contributed by atoms with Crippen LogP contribution in [0.4, 0.5) is 13.2 Å². The van der Waals surface area contributed by atoms with Gasteiger partial charge >= 0.3 is 6.18 Å². The molecular formula is C14H16F3NOS2. The largest absolute Gasteiger partial charge is 0.416 e. The zero-order valence-electron chi connectivity index (χ0n) is 11.5. The van der Waals surface area contributed by atoms with Crippen LogP contribution in [0.1, 0.15) is 30.4 Å². The number of rotatable bonds is 2. The Bertz CT molecular complexity index is 564. The maximum atomic E-state index is 12.9. The summed E-state index contributed by atoms with van der Waals surface area (Å²) in [7, 11) is 0.291. The number of nitrogens with one attached hydrogen (secondary N) is 1. The molecular weight excluding hydrogens is 319 g/mol. The molecule has 2 rings (SSSR count). The third-order valence-corrected chi connectivity index (χ3v) is 6.51. The molecule has 0 bridgehead atoms. The fourth-order valence-electron chi connectivity index (χ4n) is 2.67. The minimum Gasteiger partial charge on any atom is -0.381 e. The molecule has 1 aromatic carbocycles. The lowest BCUT2D eigenvalue weighted by Gasteiger charge is -2.37. The summed E-state index contributed by atoms with van der Waals surface area (Å²) in [6, 6.07) is 5.03. The van der Waals surface area contributed by atoms with Crippen LogP contribution in [0.3, 0.4) is 0 Å². The molecule has 1 aliphatic rings. The van der Waals surface area contributed by atoms with E-state index in [1.165, 1.54) is 6.07 Å². The minimum absolute atomic E-state index is 0.347. The Morgan fingerprint density at radius 2 is 2.10 bits per heavy atom. The Kier molecular flexibility index (Phi) is 4.72. The predicted octanol–water partition coefficient (Wildman–Crippen LogP) is 3.38. The maximum absolute atomic E-state index is 12.9. The normalized spacial score (nSPS) is 26.4. The molecule has 7 heteroatoms. The first-order chi connectivity index (χ1) is 9.82. The van der Waals surface area contributed by atoms with Crippen LogP contribution in [0.5, 0.6) is 0 Å². The van der Waals surface area contributed by atoms with E-state index in [4.69, 9.17) is 12.2 Å². The number of hydrogen-bond donors (Lipinski definition) is 1. The lowest BCUT2D eigenvalue weighted by molar-refractivity contribution is -0.137.